The summed E-state index contributed by atoms with van der Waals surface area (Å²) in [7, 11) is 1.97. The van der Waals surface area contributed by atoms with Crippen LogP contribution in [0.5, 0.6) is 0 Å². The summed E-state index contributed by atoms with van der Waals surface area (Å²) < 4.78 is 1.88. The molecule has 0 aromatic carbocycles. The number of hydrogen-bond acceptors (Lipinski definition) is 2. The van der Waals surface area contributed by atoms with Crippen LogP contribution in [0.3, 0.4) is 0 Å². The van der Waals surface area contributed by atoms with Crippen molar-refractivity contribution in [3.05, 3.63) is 18.0 Å². The first kappa shape index (κ1) is 13.2. The van der Waals surface area contributed by atoms with Gasteiger partial charge in [-0.05, 0) is 37.8 Å². The molecule has 16 heavy (non-hydrogen) atoms. The first-order valence-electron chi connectivity index (χ1n) is 6.47. The molecule has 1 aromatic rings. The van der Waals surface area contributed by atoms with E-state index in [-0.39, 0.29) is 0 Å². The Bertz CT molecular complexity index is 280. The van der Waals surface area contributed by atoms with Gasteiger partial charge in [-0.3, -0.25) is 4.68 Å². The van der Waals surface area contributed by atoms with E-state index in [1.54, 1.807) is 0 Å². The Hall–Kier alpha value is -0.830. The van der Waals surface area contributed by atoms with Gasteiger partial charge in [0.25, 0.3) is 0 Å². The Kier molecular flexibility index (Phi) is 6.16. The summed E-state index contributed by atoms with van der Waals surface area (Å²) in [5.41, 5.74) is 1.35. The fourth-order valence-corrected chi connectivity index (χ4v) is 1.99. The summed E-state index contributed by atoms with van der Waals surface area (Å²) in [6.45, 7) is 5.61. The summed E-state index contributed by atoms with van der Waals surface area (Å²) >= 11 is 0. The predicted molar refractivity (Wildman–Crippen MR) is 68.5 cm³/mol. The molecular weight excluding hydrogens is 198 g/mol. The quantitative estimate of drug-likeness (QED) is 0.734. The van der Waals surface area contributed by atoms with Crippen molar-refractivity contribution in [3.63, 3.8) is 0 Å². The molecule has 1 aromatic heterocycles. The second-order valence-electron chi connectivity index (χ2n) is 4.50. The molecule has 3 heteroatoms. The van der Waals surface area contributed by atoms with Gasteiger partial charge in [0.1, 0.15) is 0 Å². The molecule has 0 bridgehead atoms. The second-order valence-corrected chi connectivity index (χ2v) is 4.50. The fraction of sp³-hybridized carbons (Fsp3) is 0.769. The van der Waals surface area contributed by atoms with E-state index in [0.717, 1.165) is 13.0 Å². The number of aromatic nitrogens is 2. The minimum absolute atomic E-state index is 0.671. The number of rotatable bonds is 8. The lowest BCUT2D eigenvalue weighted by molar-refractivity contribution is 0.449. The Labute approximate surface area is 99.2 Å². The van der Waals surface area contributed by atoms with Crippen LogP contribution in [0.25, 0.3) is 0 Å². The second kappa shape index (κ2) is 7.44. The normalized spacial score (nSPS) is 12.9. The maximum atomic E-state index is 4.20. The van der Waals surface area contributed by atoms with E-state index in [9.17, 15) is 0 Å². The van der Waals surface area contributed by atoms with Gasteiger partial charge in [-0.1, -0.05) is 20.3 Å². The third kappa shape index (κ3) is 4.79. The van der Waals surface area contributed by atoms with E-state index >= 15 is 0 Å². The summed E-state index contributed by atoms with van der Waals surface area (Å²) in [6.07, 6.45) is 10.2. The predicted octanol–water partition coefficient (Wildman–Crippen LogP) is 2.52. The number of nitrogens with one attached hydrogen (secondary N) is 1. The first-order chi connectivity index (χ1) is 7.76. The SMILES string of the molecule is CCCNC(CCC)CCc1cnn(C)c1. The molecule has 92 valence electrons. The minimum Gasteiger partial charge on any atom is -0.314 e. The summed E-state index contributed by atoms with van der Waals surface area (Å²) in [4.78, 5) is 0. The summed E-state index contributed by atoms with van der Waals surface area (Å²) in [5.74, 6) is 0. The summed E-state index contributed by atoms with van der Waals surface area (Å²) in [5, 5.41) is 7.82. The molecular formula is C13H25N3. The van der Waals surface area contributed by atoms with Crippen molar-refractivity contribution >= 4 is 0 Å². The van der Waals surface area contributed by atoms with Crippen LogP contribution in [0.15, 0.2) is 12.4 Å². The lowest BCUT2D eigenvalue weighted by Crippen LogP contribution is -2.30. The Morgan fingerprint density at radius 1 is 1.31 bits per heavy atom. The van der Waals surface area contributed by atoms with E-state index in [1.807, 2.05) is 17.9 Å². The molecule has 1 atom stereocenters. The standard InChI is InChI=1S/C13H25N3/c1-4-6-13(14-9-5-2)8-7-12-10-15-16(3)11-12/h10-11,13-14H,4-9H2,1-3H3. The molecule has 1 unspecified atom stereocenters. The van der Waals surface area contributed by atoms with E-state index in [0.29, 0.717) is 6.04 Å². The van der Waals surface area contributed by atoms with E-state index in [2.05, 4.69) is 30.5 Å². The van der Waals surface area contributed by atoms with Crippen molar-refractivity contribution in [2.24, 2.45) is 7.05 Å². The average molecular weight is 223 g/mol. The molecule has 0 amide bonds. The van der Waals surface area contributed by atoms with E-state index in [1.165, 1.54) is 31.2 Å². The largest absolute Gasteiger partial charge is 0.314 e. The highest BCUT2D eigenvalue weighted by Gasteiger charge is 2.07. The molecule has 1 N–H and O–H groups in total. The molecule has 1 rings (SSSR count). The van der Waals surface area contributed by atoms with Crippen LogP contribution >= 0.6 is 0 Å². The third-order valence-electron chi connectivity index (χ3n) is 2.86. The molecule has 0 aliphatic heterocycles. The van der Waals surface area contributed by atoms with Crippen molar-refractivity contribution < 1.29 is 0 Å². The van der Waals surface area contributed by atoms with Crippen molar-refractivity contribution in [2.75, 3.05) is 6.54 Å². The van der Waals surface area contributed by atoms with Gasteiger partial charge < -0.3 is 5.32 Å². The van der Waals surface area contributed by atoms with Crippen molar-refractivity contribution in [3.8, 4) is 0 Å². The maximum absolute atomic E-state index is 4.20. The van der Waals surface area contributed by atoms with Crippen LogP contribution in [0.2, 0.25) is 0 Å². The average Bonchev–Trinajstić information content (AvgIpc) is 2.68. The van der Waals surface area contributed by atoms with Crippen molar-refractivity contribution in [1.29, 1.82) is 0 Å². The van der Waals surface area contributed by atoms with Crippen LogP contribution in [0.1, 0.15) is 45.1 Å². The molecule has 3 nitrogen and oxygen atoms in total. The molecule has 0 aliphatic rings. The lowest BCUT2D eigenvalue weighted by atomic mass is 10.0. The minimum atomic E-state index is 0.671. The van der Waals surface area contributed by atoms with Gasteiger partial charge >= 0.3 is 0 Å². The third-order valence-corrected chi connectivity index (χ3v) is 2.86. The highest BCUT2D eigenvalue weighted by molar-refractivity contribution is 5.03. The van der Waals surface area contributed by atoms with Crippen LogP contribution < -0.4 is 5.32 Å². The van der Waals surface area contributed by atoms with Gasteiger partial charge in [0, 0.05) is 19.3 Å². The Balaban J connectivity index is 2.30. The molecule has 0 saturated heterocycles. The molecule has 0 saturated carbocycles. The van der Waals surface area contributed by atoms with Gasteiger partial charge in [-0.15, -0.1) is 0 Å². The van der Waals surface area contributed by atoms with Gasteiger partial charge in [0.2, 0.25) is 0 Å². The fourth-order valence-electron chi connectivity index (χ4n) is 1.99. The highest BCUT2D eigenvalue weighted by Crippen LogP contribution is 2.08. The maximum Gasteiger partial charge on any atom is 0.0521 e. The zero-order chi connectivity index (χ0) is 11.8. The van der Waals surface area contributed by atoms with Crippen molar-refractivity contribution in [2.45, 2.75) is 52.0 Å². The first-order valence-corrected chi connectivity index (χ1v) is 6.47. The molecule has 1 heterocycles. The summed E-state index contributed by atoms with van der Waals surface area (Å²) in [6, 6.07) is 0.671. The van der Waals surface area contributed by atoms with E-state index < -0.39 is 0 Å². The molecule has 0 radical (unpaired) electrons. The van der Waals surface area contributed by atoms with Gasteiger partial charge in [-0.25, -0.2) is 0 Å². The molecule has 0 fully saturated rings. The Morgan fingerprint density at radius 2 is 2.12 bits per heavy atom. The zero-order valence-corrected chi connectivity index (χ0v) is 10.9. The topological polar surface area (TPSA) is 29.9 Å². The number of hydrogen-bond donors (Lipinski definition) is 1. The monoisotopic (exact) mass is 223 g/mol. The zero-order valence-electron chi connectivity index (χ0n) is 10.9. The van der Waals surface area contributed by atoms with Crippen LogP contribution in [0, 0.1) is 0 Å². The van der Waals surface area contributed by atoms with Crippen LogP contribution in [-0.2, 0) is 13.5 Å². The lowest BCUT2D eigenvalue weighted by Gasteiger charge is -2.17. The highest BCUT2D eigenvalue weighted by atomic mass is 15.2. The Morgan fingerprint density at radius 3 is 2.69 bits per heavy atom. The molecule has 0 aliphatic carbocycles. The van der Waals surface area contributed by atoms with Crippen molar-refractivity contribution in [1.82, 2.24) is 15.1 Å². The van der Waals surface area contributed by atoms with Crippen LogP contribution in [0.4, 0.5) is 0 Å². The van der Waals surface area contributed by atoms with Gasteiger partial charge in [0.15, 0.2) is 0 Å². The van der Waals surface area contributed by atoms with Gasteiger partial charge in [-0.2, -0.15) is 5.10 Å². The van der Waals surface area contributed by atoms with E-state index in [4.69, 9.17) is 0 Å². The number of aryl methyl sites for hydroxylation is 2. The molecule has 0 spiro atoms. The van der Waals surface area contributed by atoms with Crippen LogP contribution in [-0.4, -0.2) is 22.4 Å². The van der Waals surface area contributed by atoms with Gasteiger partial charge in [0.05, 0.1) is 6.20 Å². The smallest absolute Gasteiger partial charge is 0.0521 e. The number of nitrogens with zero attached hydrogens (tertiary/aromatic N) is 2.